The van der Waals surface area contributed by atoms with Crippen molar-refractivity contribution in [1.29, 1.82) is 0 Å². The summed E-state index contributed by atoms with van der Waals surface area (Å²) in [7, 11) is 0. The van der Waals surface area contributed by atoms with Gasteiger partial charge < -0.3 is 5.73 Å². The van der Waals surface area contributed by atoms with Gasteiger partial charge in [-0.25, -0.2) is 0 Å². The Labute approximate surface area is 123 Å². The molecule has 0 amide bonds. The van der Waals surface area contributed by atoms with Crippen molar-refractivity contribution >= 4 is 27.3 Å². The molecule has 2 rings (SSSR count). The molecule has 0 radical (unpaired) electrons. The van der Waals surface area contributed by atoms with E-state index in [9.17, 15) is 0 Å². The number of nitrogens with zero attached hydrogens (tertiary/aromatic N) is 1. The van der Waals surface area contributed by atoms with E-state index in [0.29, 0.717) is 6.04 Å². The average Bonchev–Trinajstić information content (AvgIpc) is 2.99. The van der Waals surface area contributed by atoms with Crippen LogP contribution in [0.2, 0.25) is 0 Å². The van der Waals surface area contributed by atoms with Gasteiger partial charge in [-0.15, -0.1) is 11.3 Å². The second-order valence-corrected chi connectivity index (χ2v) is 7.10. The van der Waals surface area contributed by atoms with Gasteiger partial charge in [0.05, 0.1) is 6.04 Å². The van der Waals surface area contributed by atoms with Crippen LogP contribution in [0, 0.1) is 5.92 Å². The highest BCUT2D eigenvalue weighted by molar-refractivity contribution is 9.10. The highest BCUT2D eigenvalue weighted by atomic mass is 79.9. The van der Waals surface area contributed by atoms with Crippen molar-refractivity contribution in [3.05, 3.63) is 20.8 Å². The Morgan fingerprint density at radius 3 is 2.83 bits per heavy atom. The molecule has 0 aromatic carbocycles. The molecule has 1 aromatic rings. The van der Waals surface area contributed by atoms with Crippen LogP contribution in [0.25, 0.3) is 0 Å². The Bertz CT molecular complexity index is 380. The summed E-state index contributed by atoms with van der Waals surface area (Å²) in [6, 6.07) is 2.89. The molecule has 1 aliphatic rings. The van der Waals surface area contributed by atoms with Gasteiger partial charge in [-0.1, -0.05) is 20.3 Å². The number of halogens is 1. The van der Waals surface area contributed by atoms with Crippen LogP contribution in [0.15, 0.2) is 15.9 Å². The standard InChI is InChI=1S/C14H23BrN2S/c1-3-10-5-6-17(8-10)14(12(16)4-2)13-7-11(15)9-18-13/h7,9-10,12,14H,3-6,8,16H2,1-2H3. The molecule has 4 heteroatoms. The van der Waals surface area contributed by atoms with E-state index in [1.54, 1.807) is 0 Å². The number of thiophene rings is 1. The topological polar surface area (TPSA) is 29.3 Å². The van der Waals surface area contributed by atoms with Gasteiger partial charge in [0.15, 0.2) is 0 Å². The maximum atomic E-state index is 6.37. The third-order valence-electron chi connectivity index (χ3n) is 4.04. The van der Waals surface area contributed by atoms with Crippen molar-refractivity contribution in [1.82, 2.24) is 4.90 Å². The van der Waals surface area contributed by atoms with Gasteiger partial charge in [-0.3, -0.25) is 4.90 Å². The van der Waals surface area contributed by atoms with Crippen LogP contribution in [0.4, 0.5) is 0 Å². The summed E-state index contributed by atoms with van der Waals surface area (Å²) in [6.45, 7) is 6.90. The summed E-state index contributed by atoms with van der Waals surface area (Å²) in [6.07, 6.45) is 3.65. The third kappa shape index (κ3) is 3.16. The number of nitrogens with two attached hydrogens (primary N) is 1. The van der Waals surface area contributed by atoms with Gasteiger partial charge in [0.1, 0.15) is 0 Å². The van der Waals surface area contributed by atoms with E-state index in [2.05, 4.69) is 46.1 Å². The van der Waals surface area contributed by atoms with Gasteiger partial charge in [-0.05, 0) is 47.3 Å². The maximum Gasteiger partial charge on any atom is 0.0593 e. The van der Waals surface area contributed by atoms with Crippen LogP contribution >= 0.6 is 27.3 Å². The van der Waals surface area contributed by atoms with E-state index in [4.69, 9.17) is 5.73 Å². The zero-order chi connectivity index (χ0) is 13.1. The Kier molecular flexibility index (Phi) is 5.24. The second kappa shape index (κ2) is 6.51. The second-order valence-electron chi connectivity index (χ2n) is 5.24. The largest absolute Gasteiger partial charge is 0.326 e. The number of hydrogen-bond acceptors (Lipinski definition) is 3. The minimum absolute atomic E-state index is 0.242. The lowest BCUT2D eigenvalue weighted by Crippen LogP contribution is -2.39. The van der Waals surface area contributed by atoms with Crippen molar-refractivity contribution in [2.45, 2.75) is 45.2 Å². The summed E-state index contributed by atoms with van der Waals surface area (Å²) >= 11 is 5.39. The summed E-state index contributed by atoms with van der Waals surface area (Å²) in [4.78, 5) is 4.01. The van der Waals surface area contributed by atoms with E-state index in [1.165, 1.54) is 35.3 Å². The van der Waals surface area contributed by atoms with Gasteiger partial charge in [0, 0.05) is 27.3 Å². The first-order valence-electron chi connectivity index (χ1n) is 6.89. The minimum Gasteiger partial charge on any atom is -0.326 e. The molecule has 1 saturated heterocycles. The molecular formula is C14H23BrN2S. The van der Waals surface area contributed by atoms with Gasteiger partial charge in [-0.2, -0.15) is 0 Å². The summed E-state index contributed by atoms with van der Waals surface area (Å²) in [5.41, 5.74) is 6.37. The lowest BCUT2D eigenvalue weighted by atomic mass is 10.0. The zero-order valence-corrected chi connectivity index (χ0v) is 13.6. The summed E-state index contributed by atoms with van der Waals surface area (Å²) in [5.74, 6) is 0.861. The lowest BCUT2D eigenvalue weighted by molar-refractivity contribution is 0.205. The Morgan fingerprint density at radius 2 is 2.33 bits per heavy atom. The number of likely N-dealkylation sites (tertiary alicyclic amines) is 1. The molecule has 1 aliphatic heterocycles. The quantitative estimate of drug-likeness (QED) is 0.883. The van der Waals surface area contributed by atoms with E-state index >= 15 is 0 Å². The molecule has 0 spiro atoms. The third-order valence-corrected chi connectivity index (χ3v) is 5.81. The van der Waals surface area contributed by atoms with Crippen molar-refractivity contribution in [2.75, 3.05) is 13.1 Å². The van der Waals surface area contributed by atoms with Crippen LogP contribution in [0.5, 0.6) is 0 Å². The number of rotatable bonds is 5. The molecule has 0 aliphatic carbocycles. The minimum atomic E-state index is 0.242. The zero-order valence-electron chi connectivity index (χ0n) is 11.2. The fraction of sp³-hybridized carbons (Fsp3) is 0.714. The molecule has 102 valence electrons. The predicted molar refractivity (Wildman–Crippen MR) is 83.0 cm³/mol. The molecule has 0 saturated carbocycles. The van der Waals surface area contributed by atoms with Crippen LogP contribution in [0.1, 0.15) is 44.0 Å². The highest BCUT2D eigenvalue weighted by Gasteiger charge is 2.32. The van der Waals surface area contributed by atoms with Crippen LogP contribution in [0.3, 0.4) is 0 Å². The molecule has 1 fully saturated rings. The van der Waals surface area contributed by atoms with Crippen LogP contribution in [-0.4, -0.2) is 24.0 Å². The molecule has 2 heterocycles. The van der Waals surface area contributed by atoms with Crippen molar-refractivity contribution in [2.24, 2.45) is 11.7 Å². The first kappa shape index (κ1) is 14.5. The Balaban J connectivity index is 2.16. The fourth-order valence-electron chi connectivity index (χ4n) is 2.82. The lowest BCUT2D eigenvalue weighted by Gasteiger charge is -2.31. The predicted octanol–water partition coefficient (Wildman–Crippen LogP) is 4.02. The van der Waals surface area contributed by atoms with E-state index < -0.39 is 0 Å². The Morgan fingerprint density at radius 1 is 1.56 bits per heavy atom. The molecule has 2 nitrogen and oxygen atoms in total. The van der Waals surface area contributed by atoms with E-state index in [-0.39, 0.29) is 6.04 Å². The molecule has 18 heavy (non-hydrogen) atoms. The van der Waals surface area contributed by atoms with Gasteiger partial charge in [0.2, 0.25) is 0 Å². The summed E-state index contributed by atoms with van der Waals surface area (Å²) < 4.78 is 1.18. The maximum absolute atomic E-state index is 6.37. The van der Waals surface area contributed by atoms with Gasteiger partial charge >= 0.3 is 0 Å². The van der Waals surface area contributed by atoms with E-state index in [0.717, 1.165) is 12.3 Å². The molecular weight excluding hydrogens is 308 g/mol. The smallest absolute Gasteiger partial charge is 0.0593 e. The first-order chi connectivity index (χ1) is 8.65. The number of hydrogen-bond donors (Lipinski definition) is 1. The van der Waals surface area contributed by atoms with Gasteiger partial charge in [0.25, 0.3) is 0 Å². The molecule has 3 unspecified atom stereocenters. The molecule has 3 atom stereocenters. The Hall–Kier alpha value is 0.1000. The molecule has 0 bridgehead atoms. The summed E-state index contributed by atoms with van der Waals surface area (Å²) in [5, 5.41) is 2.16. The van der Waals surface area contributed by atoms with Crippen molar-refractivity contribution < 1.29 is 0 Å². The van der Waals surface area contributed by atoms with Crippen LogP contribution in [-0.2, 0) is 0 Å². The monoisotopic (exact) mass is 330 g/mol. The molecule has 2 N–H and O–H groups in total. The van der Waals surface area contributed by atoms with E-state index in [1.807, 2.05) is 11.3 Å². The van der Waals surface area contributed by atoms with Crippen LogP contribution < -0.4 is 5.73 Å². The highest BCUT2D eigenvalue weighted by Crippen LogP contribution is 2.35. The van der Waals surface area contributed by atoms with Crippen molar-refractivity contribution in [3.8, 4) is 0 Å². The average molecular weight is 331 g/mol. The van der Waals surface area contributed by atoms with Crippen molar-refractivity contribution in [3.63, 3.8) is 0 Å². The molecule has 1 aromatic heterocycles. The normalized spacial score (nSPS) is 24.3. The SMILES string of the molecule is CCC1CCN(C(c2cc(Br)cs2)C(N)CC)C1. The first-order valence-corrected chi connectivity index (χ1v) is 8.56. The fourth-order valence-corrected chi connectivity index (χ4v) is 4.47.